The van der Waals surface area contributed by atoms with E-state index in [9.17, 15) is 18.0 Å². The van der Waals surface area contributed by atoms with Crippen molar-refractivity contribution in [2.24, 2.45) is 0 Å². The van der Waals surface area contributed by atoms with E-state index in [4.69, 9.17) is 0 Å². The van der Waals surface area contributed by atoms with Crippen molar-refractivity contribution in [3.63, 3.8) is 0 Å². The van der Waals surface area contributed by atoms with Crippen LogP contribution in [-0.4, -0.2) is 20.8 Å². The van der Waals surface area contributed by atoms with E-state index in [1.807, 2.05) is 0 Å². The van der Waals surface area contributed by atoms with Gasteiger partial charge in [0.1, 0.15) is 18.5 Å². The smallest absolute Gasteiger partial charge is 0.363 e. The van der Waals surface area contributed by atoms with Crippen LogP contribution in [0.4, 0.5) is 18.9 Å². The summed E-state index contributed by atoms with van der Waals surface area (Å²) in [4.78, 5) is 11.9. The second-order valence-electron chi connectivity index (χ2n) is 5.10. The molecule has 6 nitrogen and oxygen atoms in total. The third-order valence-electron chi connectivity index (χ3n) is 3.53. The topological polar surface area (TPSA) is 73.0 Å². The van der Waals surface area contributed by atoms with E-state index in [0.717, 1.165) is 11.1 Å². The van der Waals surface area contributed by atoms with Gasteiger partial charge in [-0.1, -0.05) is 5.16 Å². The summed E-state index contributed by atoms with van der Waals surface area (Å²) in [6.45, 7) is -0.274. The predicted octanol–water partition coefficient (Wildman–Crippen LogP) is 2.41. The number of fused-ring (bicyclic) bond motifs is 1. The number of nitrogens with one attached hydrogen (secondary N) is 1. The molecule has 1 aliphatic carbocycles. The molecule has 0 radical (unpaired) electrons. The van der Waals surface area contributed by atoms with Gasteiger partial charge in [-0.25, -0.2) is 0 Å². The number of alkyl halides is 3. The lowest BCUT2D eigenvalue weighted by Gasteiger charge is -2.14. The van der Waals surface area contributed by atoms with Gasteiger partial charge < -0.3 is 9.84 Å². The van der Waals surface area contributed by atoms with Crippen molar-refractivity contribution >= 4 is 11.6 Å². The molecule has 1 amide bonds. The third-order valence-corrected chi connectivity index (χ3v) is 3.53. The van der Waals surface area contributed by atoms with Crippen LogP contribution < -0.4 is 5.32 Å². The lowest BCUT2D eigenvalue weighted by Crippen LogP contribution is -2.21. The summed E-state index contributed by atoms with van der Waals surface area (Å²) in [5, 5.41) is 9.54. The molecule has 0 atom stereocenters. The van der Waals surface area contributed by atoms with Crippen LogP contribution in [0.1, 0.15) is 29.8 Å². The number of amides is 1. The van der Waals surface area contributed by atoms with Crippen molar-refractivity contribution in [3.8, 4) is 0 Å². The summed E-state index contributed by atoms with van der Waals surface area (Å²) in [5.74, 6) is -0.479. The van der Waals surface area contributed by atoms with Crippen molar-refractivity contribution in [2.45, 2.75) is 38.4 Å². The van der Waals surface area contributed by atoms with E-state index in [1.165, 1.54) is 12.5 Å². The Morgan fingerprint density at radius 1 is 1.36 bits per heavy atom. The Hall–Kier alpha value is -2.32. The molecule has 2 aromatic heterocycles. The number of rotatable bonds is 3. The summed E-state index contributed by atoms with van der Waals surface area (Å²) < 4.78 is 44.8. The lowest BCUT2D eigenvalue weighted by molar-refractivity contribution is -0.142. The van der Waals surface area contributed by atoms with E-state index in [2.05, 4.69) is 20.1 Å². The van der Waals surface area contributed by atoms with Gasteiger partial charge in [0.05, 0.1) is 6.20 Å². The highest BCUT2D eigenvalue weighted by atomic mass is 19.4. The molecule has 0 aliphatic heterocycles. The molecule has 118 valence electrons. The second kappa shape index (κ2) is 5.47. The van der Waals surface area contributed by atoms with Gasteiger partial charge in [-0.3, -0.25) is 9.48 Å². The number of hydrogen-bond donors (Lipinski definition) is 1. The molecule has 0 bridgehead atoms. The van der Waals surface area contributed by atoms with Crippen LogP contribution in [0.3, 0.4) is 0 Å². The minimum atomic E-state index is -4.50. The van der Waals surface area contributed by atoms with E-state index in [-0.39, 0.29) is 12.1 Å². The van der Waals surface area contributed by atoms with Crippen LogP contribution in [0.15, 0.2) is 17.0 Å². The number of nitrogens with zero attached hydrogens (tertiary/aromatic N) is 3. The Bertz CT molecular complexity index is 676. The molecule has 22 heavy (non-hydrogen) atoms. The van der Waals surface area contributed by atoms with Gasteiger partial charge in [-0.2, -0.15) is 18.3 Å². The summed E-state index contributed by atoms with van der Waals surface area (Å²) in [6.07, 6.45) is 0.376. The molecule has 1 aliphatic rings. The fourth-order valence-electron chi connectivity index (χ4n) is 2.63. The minimum absolute atomic E-state index is 0.219. The third kappa shape index (κ3) is 2.83. The Morgan fingerprint density at radius 2 is 2.14 bits per heavy atom. The van der Waals surface area contributed by atoms with Crippen molar-refractivity contribution in [1.82, 2.24) is 14.9 Å². The van der Waals surface area contributed by atoms with Gasteiger partial charge in [0.2, 0.25) is 5.91 Å². The maximum Gasteiger partial charge on any atom is 0.435 e. The molecular weight excluding hydrogens is 301 g/mol. The molecule has 0 saturated heterocycles. The van der Waals surface area contributed by atoms with Gasteiger partial charge >= 0.3 is 6.18 Å². The van der Waals surface area contributed by atoms with Crippen LogP contribution in [0.2, 0.25) is 0 Å². The van der Waals surface area contributed by atoms with Crippen LogP contribution in [0.5, 0.6) is 0 Å². The zero-order valence-electron chi connectivity index (χ0n) is 11.5. The largest absolute Gasteiger partial charge is 0.435 e. The molecule has 9 heteroatoms. The summed E-state index contributed by atoms with van der Waals surface area (Å²) in [5.41, 5.74) is 0.192. The fraction of sp³-hybridized carbons (Fsp3) is 0.462. The van der Waals surface area contributed by atoms with Gasteiger partial charge in [-0.15, -0.1) is 0 Å². The Morgan fingerprint density at radius 3 is 2.82 bits per heavy atom. The predicted molar refractivity (Wildman–Crippen MR) is 69.0 cm³/mol. The summed E-state index contributed by atoms with van der Waals surface area (Å²) in [7, 11) is 0. The van der Waals surface area contributed by atoms with Gasteiger partial charge in [-0.05, 0) is 25.7 Å². The van der Waals surface area contributed by atoms with Crippen LogP contribution >= 0.6 is 0 Å². The monoisotopic (exact) mass is 314 g/mol. The number of carbonyl (C=O) groups is 1. The van der Waals surface area contributed by atoms with Crippen LogP contribution in [0, 0.1) is 0 Å². The molecule has 0 aromatic carbocycles. The SMILES string of the molecule is O=C(Cn1nc(C(F)(F)F)c2c1CCCC2)Nc1cnoc1. The van der Waals surface area contributed by atoms with E-state index < -0.39 is 17.8 Å². The molecule has 0 unspecified atom stereocenters. The quantitative estimate of drug-likeness (QED) is 0.944. The molecule has 2 heterocycles. The first-order valence-electron chi connectivity index (χ1n) is 6.80. The summed E-state index contributed by atoms with van der Waals surface area (Å²) in [6, 6.07) is 0. The molecule has 1 N–H and O–H groups in total. The highest BCUT2D eigenvalue weighted by molar-refractivity contribution is 5.90. The van der Waals surface area contributed by atoms with E-state index >= 15 is 0 Å². The standard InChI is InChI=1S/C13H13F3N4O2/c14-13(15,16)12-9-3-1-2-4-10(9)20(19-12)6-11(21)18-8-5-17-22-7-8/h5,7H,1-4,6H2,(H,18,21). The molecule has 3 rings (SSSR count). The zero-order chi connectivity index (χ0) is 15.7. The number of aromatic nitrogens is 3. The molecular formula is C13H13F3N4O2. The number of carbonyl (C=O) groups excluding carboxylic acids is 1. The van der Waals surface area contributed by atoms with E-state index in [0.29, 0.717) is 30.6 Å². The number of halogens is 3. The minimum Gasteiger partial charge on any atom is -0.363 e. The van der Waals surface area contributed by atoms with Crippen molar-refractivity contribution in [1.29, 1.82) is 0 Å². The van der Waals surface area contributed by atoms with Gasteiger partial charge in [0, 0.05) is 11.3 Å². The summed E-state index contributed by atoms with van der Waals surface area (Å²) >= 11 is 0. The van der Waals surface area contributed by atoms with Crippen molar-refractivity contribution < 1.29 is 22.5 Å². The van der Waals surface area contributed by atoms with Crippen LogP contribution in [0.25, 0.3) is 0 Å². The second-order valence-corrected chi connectivity index (χ2v) is 5.10. The zero-order valence-corrected chi connectivity index (χ0v) is 11.5. The van der Waals surface area contributed by atoms with Gasteiger partial charge in [0.15, 0.2) is 5.69 Å². The average molecular weight is 314 g/mol. The maximum atomic E-state index is 13.0. The first kappa shape index (κ1) is 14.6. The fourth-order valence-corrected chi connectivity index (χ4v) is 2.63. The van der Waals surface area contributed by atoms with Crippen molar-refractivity contribution in [3.05, 3.63) is 29.4 Å². The average Bonchev–Trinajstić information content (AvgIpc) is 3.06. The van der Waals surface area contributed by atoms with Crippen molar-refractivity contribution in [2.75, 3.05) is 5.32 Å². The Kier molecular flexibility index (Phi) is 3.63. The normalized spacial score (nSPS) is 14.7. The number of anilines is 1. The Labute approximate surface area is 123 Å². The van der Waals surface area contributed by atoms with Gasteiger partial charge in [0.25, 0.3) is 0 Å². The molecule has 0 saturated carbocycles. The molecule has 0 fully saturated rings. The highest BCUT2D eigenvalue weighted by Gasteiger charge is 2.39. The molecule has 2 aromatic rings. The lowest BCUT2D eigenvalue weighted by atomic mass is 9.95. The van der Waals surface area contributed by atoms with E-state index in [1.54, 1.807) is 0 Å². The highest BCUT2D eigenvalue weighted by Crippen LogP contribution is 2.35. The number of hydrogen-bond acceptors (Lipinski definition) is 4. The Balaban J connectivity index is 1.84. The first-order chi connectivity index (χ1) is 10.4. The maximum absolute atomic E-state index is 13.0. The van der Waals surface area contributed by atoms with Crippen LogP contribution in [-0.2, 0) is 30.4 Å². The first-order valence-corrected chi connectivity index (χ1v) is 6.80. The molecule has 0 spiro atoms.